The molecule has 1 N–H and O–H groups in total. The number of hydrogen-bond donors (Lipinski definition) is 1. The van der Waals surface area contributed by atoms with Crippen LogP contribution in [-0.4, -0.2) is 6.54 Å². The summed E-state index contributed by atoms with van der Waals surface area (Å²) in [7, 11) is 0. The van der Waals surface area contributed by atoms with Crippen LogP contribution in [0.25, 0.3) is 0 Å². The largest absolute Gasteiger partial charge is 0.384 e. The Balaban J connectivity index is 1.85. The zero-order valence-corrected chi connectivity index (χ0v) is 9.26. The van der Waals surface area contributed by atoms with Gasteiger partial charge in [-0.05, 0) is 29.5 Å². The Hall–Kier alpha value is -1.28. The van der Waals surface area contributed by atoms with Crippen molar-refractivity contribution in [2.24, 2.45) is 0 Å². The Kier molecular flexibility index (Phi) is 2.22. The van der Waals surface area contributed by atoms with Crippen LogP contribution in [0, 0.1) is 0 Å². The van der Waals surface area contributed by atoms with Crippen molar-refractivity contribution in [3.05, 3.63) is 52.2 Å². The molecule has 0 radical (unpaired) electrons. The second-order valence-electron chi connectivity index (χ2n) is 3.95. The average molecular weight is 215 g/mol. The van der Waals surface area contributed by atoms with Gasteiger partial charge >= 0.3 is 0 Å². The average Bonchev–Trinajstić information content (AvgIpc) is 2.89. The van der Waals surface area contributed by atoms with E-state index >= 15 is 0 Å². The summed E-state index contributed by atoms with van der Waals surface area (Å²) in [6, 6.07) is 13.0. The second kappa shape index (κ2) is 3.70. The fraction of sp³-hybridized carbons (Fsp3) is 0.231. The molecule has 0 amide bonds. The van der Waals surface area contributed by atoms with Gasteiger partial charge in [-0.25, -0.2) is 0 Å². The normalized spacial score (nSPS) is 18.5. The van der Waals surface area contributed by atoms with E-state index in [2.05, 4.69) is 47.1 Å². The van der Waals surface area contributed by atoms with Crippen LogP contribution >= 0.6 is 11.3 Å². The predicted octanol–water partition coefficient (Wildman–Crippen LogP) is 3.50. The topological polar surface area (TPSA) is 12.0 Å². The summed E-state index contributed by atoms with van der Waals surface area (Å²) in [5.41, 5.74) is 2.80. The highest BCUT2D eigenvalue weighted by atomic mass is 32.1. The summed E-state index contributed by atoms with van der Waals surface area (Å²) in [4.78, 5) is 1.48. The number of benzene rings is 1. The molecular formula is C13H13NS. The molecule has 1 aromatic carbocycles. The minimum atomic E-state index is 0.653. The molecule has 0 bridgehead atoms. The van der Waals surface area contributed by atoms with Crippen molar-refractivity contribution in [1.29, 1.82) is 0 Å². The smallest absolute Gasteiger partial charge is 0.0376 e. The van der Waals surface area contributed by atoms with Crippen molar-refractivity contribution in [3.8, 4) is 0 Å². The summed E-state index contributed by atoms with van der Waals surface area (Å²) in [5.74, 6) is 0.653. The lowest BCUT2D eigenvalue weighted by Gasteiger charge is -2.07. The predicted molar refractivity (Wildman–Crippen MR) is 65.7 cm³/mol. The molecule has 1 unspecified atom stereocenters. The first-order chi connectivity index (χ1) is 7.43. The standard InChI is InChI=1S/C13H13NS/c1-2-6-13-12(5-1)10(9-14-13)8-11-4-3-7-15-11/h1-7,10,14H,8-9H2. The molecule has 0 fully saturated rings. The van der Waals surface area contributed by atoms with Crippen LogP contribution in [0.2, 0.25) is 0 Å². The molecule has 3 rings (SSSR count). The van der Waals surface area contributed by atoms with Gasteiger partial charge in [0.25, 0.3) is 0 Å². The van der Waals surface area contributed by atoms with Crippen molar-refractivity contribution in [2.45, 2.75) is 12.3 Å². The zero-order valence-electron chi connectivity index (χ0n) is 8.44. The number of anilines is 1. The van der Waals surface area contributed by atoms with Gasteiger partial charge < -0.3 is 5.32 Å². The third kappa shape index (κ3) is 1.65. The zero-order chi connectivity index (χ0) is 10.1. The first-order valence-electron chi connectivity index (χ1n) is 5.28. The van der Waals surface area contributed by atoms with Crippen LogP contribution in [0.4, 0.5) is 5.69 Å². The van der Waals surface area contributed by atoms with Gasteiger partial charge in [0.15, 0.2) is 0 Å². The van der Waals surface area contributed by atoms with Crippen LogP contribution in [0.1, 0.15) is 16.4 Å². The van der Waals surface area contributed by atoms with Crippen molar-refractivity contribution in [1.82, 2.24) is 0 Å². The first kappa shape index (κ1) is 8.98. The van der Waals surface area contributed by atoms with Crippen LogP contribution in [0.15, 0.2) is 41.8 Å². The van der Waals surface area contributed by atoms with E-state index in [4.69, 9.17) is 0 Å². The van der Waals surface area contributed by atoms with Gasteiger partial charge in [-0.15, -0.1) is 11.3 Å². The highest BCUT2D eigenvalue weighted by Gasteiger charge is 2.21. The Morgan fingerprint density at radius 1 is 1.20 bits per heavy atom. The third-order valence-electron chi connectivity index (χ3n) is 2.97. The minimum absolute atomic E-state index is 0.653. The second-order valence-corrected chi connectivity index (χ2v) is 4.98. The Labute approximate surface area is 93.8 Å². The van der Waals surface area contributed by atoms with E-state index in [1.54, 1.807) is 0 Å². The number of nitrogens with one attached hydrogen (secondary N) is 1. The minimum Gasteiger partial charge on any atom is -0.384 e. The lowest BCUT2D eigenvalue weighted by Crippen LogP contribution is -2.04. The maximum atomic E-state index is 3.47. The fourth-order valence-corrected chi connectivity index (χ4v) is 3.00. The number of thiophene rings is 1. The van der Waals surface area contributed by atoms with E-state index in [1.807, 2.05) is 11.3 Å². The molecule has 1 atom stereocenters. The van der Waals surface area contributed by atoms with Gasteiger partial charge in [-0.1, -0.05) is 24.3 Å². The molecule has 0 spiro atoms. The van der Waals surface area contributed by atoms with Gasteiger partial charge in [0.2, 0.25) is 0 Å². The van der Waals surface area contributed by atoms with Crippen LogP contribution in [-0.2, 0) is 6.42 Å². The van der Waals surface area contributed by atoms with Crippen LogP contribution in [0.3, 0.4) is 0 Å². The molecule has 2 heterocycles. The van der Waals surface area contributed by atoms with Crippen molar-refractivity contribution >= 4 is 17.0 Å². The van der Waals surface area contributed by atoms with E-state index in [1.165, 1.54) is 22.5 Å². The quantitative estimate of drug-likeness (QED) is 0.808. The highest BCUT2D eigenvalue weighted by molar-refractivity contribution is 7.09. The molecule has 2 heteroatoms. The van der Waals surface area contributed by atoms with Gasteiger partial charge in [-0.3, -0.25) is 0 Å². The molecule has 1 aromatic heterocycles. The van der Waals surface area contributed by atoms with Crippen LogP contribution < -0.4 is 5.32 Å². The number of rotatable bonds is 2. The molecule has 15 heavy (non-hydrogen) atoms. The van der Waals surface area contributed by atoms with E-state index in [-0.39, 0.29) is 0 Å². The maximum Gasteiger partial charge on any atom is 0.0376 e. The molecule has 0 aliphatic carbocycles. The molecule has 76 valence electrons. The molecule has 0 saturated carbocycles. The molecule has 1 aliphatic heterocycles. The van der Waals surface area contributed by atoms with E-state index < -0.39 is 0 Å². The van der Waals surface area contributed by atoms with Gasteiger partial charge in [-0.2, -0.15) is 0 Å². The molecule has 2 aromatic rings. The van der Waals surface area contributed by atoms with E-state index in [0.29, 0.717) is 5.92 Å². The summed E-state index contributed by atoms with van der Waals surface area (Å²) in [6.45, 7) is 1.08. The number of hydrogen-bond acceptors (Lipinski definition) is 2. The van der Waals surface area contributed by atoms with Crippen molar-refractivity contribution in [2.75, 3.05) is 11.9 Å². The molecule has 1 nitrogen and oxygen atoms in total. The molecule has 1 aliphatic rings. The Bertz CT molecular complexity index is 447. The maximum absolute atomic E-state index is 3.47. The lowest BCUT2D eigenvalue weighted by atomic mass is 9.97. The van der Waals surface area contributed by atoms with Gasteiger partial charge in [0.1, 0.15) is 0 Å². The van der Waals surface area contributed by atoms with Crippen LogP contribution in [0.5, 0.6) is 0 Å². The Morgan fingerprint density at radius 3 is 3.00 bits per heavy atom. The van der Waals surface area contributed by atoms with E-state index in [0.717, 1.165) is 6.54 Å². The summed E-state index contributed by atoms with van der Waals surface area (Å²) in [5, 5.41) is 5.62. The summed E-state index contributed by atoms with van der Waals surface area (Å²) in [6.07, 6.45) is 1.17. The number of fused-ring (bicyclic) bond motifs is 1. The van der Waals surface area contributed by atoms with Gasteiger partial charge in [0.05, 0.1) is 0 Å². The summed E-state index contributed by atoms with van der Waals surface area (Å²) < 4.78 is 0. The SMILES string of the molecule is c1csc(CC2CNc3ccccc32)c1. The summed E-state index contributed by atoms with van der Waals surface area (Å²) >= 11 is 1.86. The first-order valence-corrected chi connectivity index (χ1v) is 6.16. The molecular weight excluding hydrogens is 202 g/mol. The monoisotopic (exact) mass is 215 g/mol. The fourth-order valence-electron chi connectivity index (χ4n) is 2.21. The Morgan fingerprint density at radius 2 is 2.13 bits per heavy atom. The van der Waals surface area contributed by atoms with Crippen molar-refractivity contribution in [3.63, 3.8) is 0 Å². The lowest BCUT2D eigenvalue weighted by molar-refractivity contribution is 0.761. The highest BCUT2D eigenvalue weighted by Crippen LogP contribution is 2.33. The van der Waals surface area contributed by atoms with Crippen molar-refractivity contribution < 1.29 is 0 Å². The van der Waals surface area contributed by atoms with E-state index in [9.17, 15) is 0 Å². The van der Waals surface area contributed by atoms with Gasteiger partial charge in [0, 0.05) is 23.0 Å². The molecule has 0 saturated heterocycles. The third-order valence-corrected chi connectivity index (χ3v) is 3.87. The number of para-hydroxylation sites is 1.